The molecule has 0 fully saturated rings. The van der Waals surface area contributed by atoms with E-state index in [1.165, 1.54) is 12.1 Å². The molecular formula is C15H15ClN2O4. The first-order chi connectivity index (χ1) is 10.6. The molecule has 6 nitrogen and oxygen atoms in total. The molecule has 1 amide bonds. The van der Waals surface area contributed by atoms with Crippen LogP contribution in [0.1, 0.15) is 23.0 Å². The number of hydrogen-bond donors (Lipinski definition) is 1. The molecule has 0 spiro atoms. The van der Waals surface area contributed by atoms with Crippen LogP contribution >= 0.6 is 11.6 Å². The lowest BCUT2D eigenvalue weighted by atomic mass is 10.1. The highest BCUT2D eigenvalue weighted by atomic mass is 35.5. The molecule has 22 heavy (non-hydrogen) atoms. The summed E-state index contributed by atoms with van der Waals surface area (Å²) in [4.78, 5) is 28.0. The van der Waals surface area contributed by atoms with Crippen LogP contribution in [0.5, 0.6) is 0 Å². The van der Waals surface area contributed by atoms with Gasteiger partial charge in [0, 0.05) is 18.8 Å². The summed E-state index contributed by atoms with van der Waals surface area (Å²) >= 11 is 5.64. The first-order valence-corrected chi connectivity index (χ1v) is 7.09. The Morgan fingerprint density at radius 2 is 2.05 bits per heavy atom. The molecule has 2 aromatic rings. The molecule has 0 radical (unpaired) electrons. The summed E-state index contributed by atoms with van der Waals surface area (Å²) < 4.78 is 10.0. The monoisotopic (exact) mass is 322 g/mol. The Morgan fingerprint density at radius 1 is 1.32 bits per heavy atom. The zero-order valence-corrected chi connectivity index (χ0v) is 12.7. The number of aromatic nitrogens is 1. The number of ether oxygens (including phenoxy) is 1. The summed E-state index contributed by atoms with van der Waals surface area (Å²) in [6, 6.07) is 5.61. The van der Waals surface area contributed by atoms with Gasteiger partial charge in [0.1, 0.15) is 6.04 Å². The molecule has 0 bridgehead atoms. The quantitative estimate of drug-likeness (QED) is 0.825. The normalized spacial score (nSPS) is 11.7. The number of pyridine rings is 1. The van der Waals surface area contributed by atoms with Gasteiger partial charge in [-0.3, -0.25) is 9.78 Å². The van der Waals surface area contributed by atoms with Crippen LogP contribution in [0, 0.1) is 0 Å². The molecule has 0 saturated heterocycles. The predicted molar refractivity (Wildman–Crippen MR) is 79.5 cm³/mol. The number of furan rings is 1. The Balaban J connectivity index is 2.10. The number of rotatable bonds is 6. The standard InChI is InChI=1S/C15H15ClN2O4/c1-2-21-15(20)11(9-10-5-7-17-8-6-10)18-14(19)12-3-4-13(16)22-12/h3-8,11H,2,9H2,1H3,(H,18,19). The summed E-state index contributed by atoms with van der Waals surface area (Å²) in [6.45, 7) is 1.93. The second-order valence-electron chi connectivity index (χ2n) is 4.44. The SMILES string of the molecule is CCOC(=O)C(Cc1ccncc1)NC(=O)c1ccc(Cl)o1. The van der Waals surface area contributed by atoms with Crippen LogP contribution in [0.25, 0.3) is 0 Å². The molecule has 2 heterocycles. The highest BCUT2D eigenvalue weighted by molar-refractivity contribution is 6.29. The molecule has 1 atom stereocenters. The molecule has 0 saturated carbocycles. The Kier molecular flexibility index (Phi) is 5.55. The summed E-state index contributed by atoms with van der Waals surface area (Å²) in [5, 5.41) is 2.70. The van der Waals surface area contributed by atoms with E-state index in [2.05, 4.69) is 10.3 Å². The molecule has 0 aliphatic rings. The van der Waals surface area contributed by atoms with E-state index in [9.17, 15) is 9.59 Å². The smallest absolute Gasteiger partial charge is 0.328 e. The van der Waals surface area contributed by atoms with Gasteiger partial charge in [0.05, 0.1) is 6.61 Å². The van der Waals surface area contributed by atoms with E-state index in [4.69, 9.17) is 20.8 Å². The van der Waals surface area contributed by atoms with Crippen LogP contribution in [0.4, 0.5) is 0 Å². The van der Waals surface area contributed by atoms with Crippen molar-refractivity contribution in [3.63, 3.8) is 0 Å². The van der Waals surface area contributed by atoms with Crippen molar-refractivity contribution in [3.8, 4) is 0 Å². The first kappa shape index (κ1) is 16.0. The minimum absolute atomic E-state index is 0.0361. The van der Waals surface area contributed by atoms with Crippen LogP contribution in [0.15, 0.2) is 41.1 Å². The first-order valence-electron chi connectivity index (χ1n) is 6.72. The second-order valence-corrected chi connectivity index (χ2v) is 4.81. The van der Waals surface area contributed by atoms with E-state index < -0.39 is 17.9 Å². The molecule has 2 rings (SSSR count). The fourth-order valence-corrected chi connectivity index (χ4v) is 2.00. The van der Waals surface area contributed by atoms with Crippen LogP contribution in [-0.4, -0.2) is 29.5 Å². The number of halogens is 1. The van der Waals surface area contributed by atoms with Gasteiger partial charge in [0.15, 0.2) is 11.0 Å². The third-order valence-electron chi connectivity index (χ3n) is 2.86. The van der Waals surface area contributed by atoms with Crippen molar-refractivity contribution in [2.75, 3.05) is 6.61 Å². The van der Waals surface area contributed by atoms with Crippen molar-refractivity contribution in [3.05, 3.63) is 53.2 Å². The fraction of sp³-hybridized carbons (Fsp3) is 0.267. The fourth-order valence-electron chi connectivity index (χ4n) is 1.86. The van der Waals surface area contributed by atoms with Gasteiger partial charge in [-0.25, -0.2) is 4.79 Å². The minimum Gasteiger partial charge on any atom is -0.464 e. The third kappa shape index (κ3) is 4.33. The molecule has 2 aromatic heterocycles. The second kappa shape index (κ2) is 7.61. The number of esters is 1. The van der Waals surface area contributed by atoms with Gasteiger partial charge < -0.3 is 14.5 Å². The minimum atomic E-state index is -0.821. The summed E-state index contributed by atoms with van der Waals surface area (Å²) in [5.41, 5.74) is 0.853. The molecular weight excluding hydrogens is 308 g/mol. The van der Waals surface area contributed by atoms with Crippen LogP contribution in [0.2, 0.25) is 5.22 Å². The van der Waals surface area contributed by atoms with Gasteiger partial charge in [-0.1, -0.05) is 0 Å². The number of nitrogens with zero attached hydrogens (tertiary/aromatic N) is 1. The van der Waals surface area contributed by atoms with Crippen molar-refractivity contribution in [1.82, 2.24) is 10.3 Å². The van der Waals surface area contributed by atoms with Gasteiger partial charge in [-0.2, -0.15) is 0 Å². The summed E-state index contributed by atoms with van der Waals surface area (Å²) in [5.74, 6) is -1.00. The number of nitrogens with one attached hydrogen (secondary N) is 1. The van der Waals surface area contributed by atoms with E-state index in [0.29, 0.717) is 6.42 Å². The van der Waals surface area contributed by atoms with E-state index >= 15 is 0 Å². The molecule has 116 valence electrons. The molecule has 1 N–H and O–H groups in total. The topological polar surface area (TPSA) is 81.4 Å². The Hall–Kier alpha value is -2.34. The van der Waals surface area contributed by atoms with Gasteiger partial charge in [-0.05, 0) is 48.4 Å². The van der Waals surface area contributed by atoms with Crippen LogP contribution < -0.4 is 5.32 Å². The maximum absolute atomic E-state index is 12.1. The van der Waals surface area contributed by atoms with Gasteiger partial charge in [-0.15, -0.1) is 0 Å². The lowest BCUT2D eigenvalue weighted by Gasteiger charge is -2.16. The number of amides is 1. The van der Waals surface area contributed by atoms with Crippen LogP contribution in [-0.2, 0) is 16.0 Å². The third-order valence-corrected chi connectivity index (χ3v) is 3.07. The zero-order chi connectivity index (χ0) is 15.9. The van der Waals surface area contributed by atoms with Crippen molar-refractivity contribution in [2.24, 2.45) is 0 Å². The molecule has 7 heteroatoms. The van der Waals surface area contributed by atoms with E-state index in [1.807, 2.05) is 0 Å². The lowest BCUT2D eigenvalue weighted by Crippen LogP contribution is -2.43. The van der Waals surface area contributed by atoms with Crippen molar-refractivity contribution >= 4 is 23.5 Å². The predicted octanol–water partition coefficient (Wildman–Crippen LogP) is 2.23. The maximum Gasteiger partial charge on any atom is 0.328 e. The van der Waals surface area contributed by atoms with Crippen molar-refractivity contribution < 1.29 is 18.7 Å². The average Bonchev–Trinajstić information content (AvgIpc) is 2.94. The Bertz CT molecular complexity index is 642. The largest absolute Gasteiger partial charge is 0.464 e. The van der Waals surface area contributed by atoms with Crippen molar-refractivity contribution in [1.29, 1.82) is 0 Å². The maximum atomic E-state index is 12.1. The number of carbonyl (C=O) groups excluding carboxylic acids is 2. The highest BCUT2D eigenvalue weighted by Crippen LogP contribution is 2.13. The summed E-state index contributed by atoms with van der Waals surface area (Å²) in [6.07, 6.45) is 3.53. The molecule has 0 aliphatic heterocycles. The van der Waals surface area contributed by atoms with Crippen molar-refractivity contribution in [2.45, 2.75) is 19.4 Å². The highest BCUT2D eigenvalue weighted by Gasteiger charge is 2.24. The Morgan fingerprint density at radius 3 is 2.64 bits per heavy atom. The van der Waals surface area contributed by atoms with Gasteiger partial charge >= 0.3 is 5.97 Å². The van der Waals surface area contributed by atoms with Gasteiger partial charge in [0.2, 0.25) is 0 Å². The number of carbonyl (C=O) groups is 2. The molecule has 0 aromatic carbocycles. The number of hydrogen-bond acceptors (Lipinski definition) is 5. The Labute approximate surface area is 132 Å². The zero-order valence-electron chi connectivity index (χ0n) is 11.9. The van der Waals surface area contributed by atoms with E-state index in [1.54, 1.807) is 31.5 Å². The van der Waals surface area contributed by atoms with Crippen LogP contribution in [0.3, 0.4) is 0 Å². The van der Waals surface area contributed by atoms with E-state index in [-0.39, 0.29) is 17.6 Å². The van der Waals surface area contributed by atoms with Gasteiger partial charge in [0.25, 0.3) is 5.91 Å². The lowest BCUT2D eigenvalue weighted by molar-refractivity contribution is -0.145. The van der Waals surface area contributed by atoms with E-state index in [0.717, 1.165) is 5.56 Å². The molecule has 0 aliphatic carbocycles. The average molecular weight is 323 g/mol. The summed E-state index contributed by atoms with van der Waals surface area (Å²) in [7, 11) is 0. The molecule has 1 unspecified atom stereocenters.